The summed E-state index contributed by atoms with van der Waals surface area (Å²) in [6.07, 6.45) is 1.73. The van der Waals surface area contributed by atoms with Crippen molar-refractivity contribution < 1.29 is 0 Å². The Morgan fingerprint density at radius 1 is 1.67 bits per heavy atom. The van der Waals surface area contributed by atoms with Crippen LogP contribution in [0.5, 0.6) is 0 Å². The van der Waals surface area contributed by atoms with Crippen molar-refractivity contribution in [3.05, 3.63) is 0 Å². The Kier molecular flexibility index (Phi) is 5.01. The summed E-state index contributed by atoms with van der Waals surface area (Å²) in [5.41, 5.74) is 0. The van der Waals surface area contributed by atoms with Crippen LogP contribution in [0.4, 0.5) is 0 Å². The third-order valence-electron chi connectivity index (χ3n) is 0.782. The zero-order valence-corrected chi connectivity index (χ0v) is 6.18. The molecule has 0 saturated carbocycles. The normalized spacial score (nSPS) is 13.0. The molecule has 0 bridgehead atoms. The summed E-state index contributed by atoms with van der Waals surface area (Å²) in [4.78, 5) is 7.99. The lowest BCUT2D eigenvalue weighted by Gasteiger charge is -1.90. The molecule has 0 aromatic heterocycles. The second-order valence-electron chi connectivity index (χ2n) is 1.60. The average Bonchev–Trinajstić information content (AvgIpc) is 1.85. The van der Waals surface area contributed by atoms with Crippen LogP contribution in [0.3, 0.4) is 0 Å². The van der Waals surface area contributed by atoms with E-state index in [0.29, 0.717) is 6.67 Å². The van der Waals surface area contributed by atoms with Crippen molar-refractivity contribution in [3.63, 3.8) is 0 Å². The molecule has 0 amide bonds. The van der Waals surface area contributed by atoms with Crippen molar-refractivity contribution in [2.45, 2.75) is 13.8 Å². The molecule has 0 spiro atoms. The van der Waals surface area contributed by atoms with Crippen LogP contribution in [0.1, 0.15) is 13.8 Å². The van der Waals surface area contributed by atoms with Crippen LogP contribution in [0.2, 0.25) is 0 Å². The van der Waals surface area contributed by atoms with Gasteiger partial charge in [0, 0.05) is 6.21 Å². The predicted molar refractivity (Wildman–Crippen MR) is 41.2 cm³/mol. The largest absolute Gasteiger partial charge is 0.301 e. The highest BCUT2D eigenvalue weighted by atomic mass is 15.0. The predicted octanol–water partition coefficient (Wildman–Crippen LogP) is 0.672. The fourth-order valence-corrected chi connectivity index (χ4v) is 0.421. The molecule has 1 N–H and O–H groups in total. The molecule has 3 nitrogen and oxygen atoms in total. The van der Waals surface area contributed by atoms with Gasteiger partial charge in [0.15, 0.2) is 0 Å². The van der Waals surface area contributed by atoms with Gasteiger partial charge >= 0.3 is 0 Å². The Hall–Kier alpha value is -0.700. The van der Waals surface area contributed by atoms with Gasteiger partial charge in [-0.2, -0.15) is 0 Å². The zero-order valence-electron chi connectivity index (χ0n) is 6.18. The first-order valence-corrected chi connectivity index (χ1v) is 2.95. The van der Waals surface area contributed by atoms with Gasteiger partial charge in [-0.15, -0.1) is 0 Å². The first kappa shape index (κ1) is 8.30. The minimum absolute atomic E-state index is 0.642. The first-order chi connectivity index (χ1) is 4.31. The van der Waals surface area contributed by atoms with Crippen LogP contribution in [0, 0.1) is 0 Å². The molecule has 0 aromatic carbocycles. The number of nitrogens with zero attached hydrogens (tertiary/aromatic N) is 2. The van der Waals surface area contributed by atoms with Gasteiger partial charge in [0.05, 0.1) is 6.67 Å². The van der Waals surface area contributed by atoms with Gasteiger partial charge in [0.25, 0.3) is 0 Å². The van der Waals surface area contributed by atoms with Gasteiger partial charge < -0.3 is 5.32 Å². The Bertz CT molecular complexity index is 115. The lowest BCUT2D eigenvalue weighted by Crippen LogP contribution is -2.06. The van der Waals surface area contributed by atoms with E-state index in [4.69, 9.17) is 0 Å². The van der Waals surface area contributed by atoms with Crippen molar-refractivity contribution in [1.82, 2.24) is 5.32 Å². The molecular weight excluding hydrogens is 114 g/mol. The number of aliphatic imine (C=N–C) groups is 2. The molecule has 0 saturated heterocycles. The molecule has 9 heavy (non-hydrogen) atoms. The minimum atomic E-state index is 0.642. The number of hydrogen-bond donors (Lipinski definition) is 1. The summed E-state index contributed by atoms with van der Waals surface area (Å²) in [5, 5.41) is 2.90. The maximum absolute atomic E-state index is 4.04. The molecule has 0 rings (SSSR count). The van der Waals surface area contributed by atoms with Crippen LogP contribution >= 0.6 is 0 Å². The smallest absolute Gasteiger partial charge is 0.121 e. The maximum atomic E-state index is 4.04. The summed E-state index contributed by atoms with van der Waals surface area (Å²) >= 11 is 0. The SMILES string of the molecule is C/C=N\C(C)=N/CNC. The molecule has 0 aromatic rings. The second-order valence-corrected chi connectivity index (χ2v) is 1.60. The molecule has 0 heterocycles. The molecule has 0 radical (unpaired) electrons. The summed E-state index contributed by atoms with van der Waals surface area (Å²) in [5.74, 6) is 0.812. The molecule has 3 heteroatoms. The Balaban J connectivity index is 3.55. The molecule has 0 fully saturated rings. The van der Waals surface area contributed by atoms with Crippen LogP contribution in [0.25, 0.3) is 0 Å². The number of nitrogens with one attached hydrogen (secondary N) is 1. The third-order valence-corrected chi connectivity index (χ3v) is 0.782. The van der Waals surface area contributed by atoms with Crippen molar-refractivity contribution in [2.24, 2.45) is 9.98 Å². The summed E-state index contributed by atoms with van der Waals surface area (Å²) < 4.78 is 0. The van der Waals surface area contributed by atoms with Gasteiger partial charge in [0.2, 0.25) is 0 Å². The van der Waals surface area contributed by atoms with Gasteiger partial charge in [-0.25, -0.2) is 4.99 Å². The van der Waals surface area contributed by atoms with Crippen molar-refractivity contribution in [3.8, 4) is 0 Å². The second kappa shape index (κ2) is 5.44. The lowest BCUT2D eigenvalue weighted by atomic mass is 10.7. The van der Waals surface area contributed by atoms with E-state index in [1.54, 1.807) is 6.21 Å². The van der Waals surface area contributed by atoms with Crippen LogP contribution < -0.4 is 5.32 Å². The standard InChI is InChI=1S/C6H13N3/c1-4-8-6(2)9-5-7-3/h4,7H,5H2,1-3H3/b8-4-,9-6-. The molecule has 0 aliphatic heterocycles. The quantitative estimate of drug-likeness (QED) is 0.429. The summed E-state index contributed by atoms with van der Waals surface area (Å²) in [6, 6.07) is 0. The lowest BCUT2D eigenvalue weighted by molar-refractivity contribution is 0.833. The topological polar surface area (TPSA) is 36.8 Å². The monoisotopic (exact) mass is 127 g/mol. The Morgan fingerprint density at radius 2 is 2.33 bits per heavy atom. The molecule has 0 aliphatic carbocycles. The third kappa shape index (κ3) is 5.17. The fraction of sp³-hybridized carbons (Fsp3) is 0.667. The Labute approximate surface area is 55.9 Å². The van der Waals surface area contributed by atoms with E-state index in [1.165, 1.54) is 0 Å². The fourth-order valence-electron chi connectivity index (χ4n) is 0.421. The molecule has 52 valence electrons. The summed E-state index contributed by atoms with van der Waals surface area (Å²) in [6.45, 7) is 4.39. The minimum Gasteiger partial charge on any atom is -0.301 e. The van der Waals surface area contributed by atoms with Crippen molar-refractivity contribution >= 4 is 12.1 Å². The van der Waals surface area contributed by atoms with Crippen LogP contribution in [0.15, 0.2) is 9.98 Å². The molecular formula is C6H13N3. The van der Waals surface area contributed by atoms with E-state index < -0.39 is 0 Å². The number of amidine groups is 1. The summed E-state index contributed by atoms with van der Waals surface area (Å²) in [7, 11) is 1.85. The van der Waals surface area contributed by atoms with Crippen molar-refractivity contribution in [1.29, 1.82) is 0 Å². The number of rotatable bonds is 2. The Morgan fingerprint density at radius 3 is 2.78 bits per heavy atom. The van der Waals surface area contributed by atoms with Gasteiger partial charge in [-0.1, -0.05) is 0 Å². The number of hydrogen-bond acceptors (Lipinski definition) is 2. The zero-order chi connectivity index (χ0) is 7.11. The maximum Gasteiger partial charge on any atom is 0.121 e. The van der Waals surface area contributed by atoms with E-state index in [1.807, 2.05) is 20.9 Å². The van der Waals surface area contributed by atoms with Crippen LogP contribution in [-0.4, -0.2) is 25.8 Å². The highest BCUT2D eigenvalue weighted by Crippen LogP contribution is 1.75. The first-order valence-electron chi connectivity index (χ1n) is 2.95. The molecule has 0 unspecified atom stereocenters. The molecule has 0 aliphatic rings. The highest BCUT2D eigenvalue weighted by molar-refractivity contribution is 5.86. The van der Waals surface area contributed by atoms with Gasteiger partial charge in [-0.05, 0) is 20.9 Å². The highest BCUT2D eigenvalue weighted by Gasteiger charge is 1.78. The van der Waals surface area contributed by atoms with E-state index in [2.05, 4.69) is 15.3 Å². The van der Waals surface area contributed by atoms with E-state index in [-0.39, 0.29) is 0 Å². The van der Waals surface area contributed by atoms with E-state index >= 15 is 0 Å². The van der Waals surface area contributed by atoms with Gasteiger partial charge in [0.1, 0.15) is 5.84 Å². The molecule has 0 atom stereocenters. The average molecular weight is 127 g/mol. The van der Waals surface area contributed by atoms with E-state index in [0.717, 1.165) is 5.84 Å². The van der Waals surface area contributed by atoms with Gasteiger partial charge in [-0.3, -0.25) is 4.99 Å². The van der Waals surface area contributed by atoms with Crippen LogP contribution in [-0.2, 0) is 0 Å². The van der Waals surface area contributed by atoms with Crippen molar-refractivity contribution in [2.75, 3.05) is 13.7 Å². The van der Waals surface area contributed by atoms with E-state index in [9.17, 15) is 0 Å².